The molecule has 0 spiro atoms. The van der Waals surface area contributed by atoms with Crippen LogP contribution in [0.5, 0.6) is 5.75 Å². The van der Waals surface area contributed by atoms with E-state index < -0.39 is 55.5 Å². The summed E-state index contributed by atoms with van der Waals surface area (Å²) in [5, 5.41) is 32.6. The molecule has 0 saturated heterocycles. The van der Waals surface area contributed by atoms with Crippen molar-refractivity contribution >= 4 is 34.1 Å². The Morgan fingerprint density at radius 1 is 1.00 bits per heavy atom. The standard InChI is InChI=1S/C19H15N5O8/c1-2-22-14-6-4-3-5-13(14)16(25)15(19(22)28)18(27)21-20-17(26)10-7-11(23(29)30)9-12(8-10)24(31)32/h3-9,25H,2H2,1H3,(H,20,26)(H,21,27). The molecular weight excluding hydrogens is 426 g/mol. The van der Waals surface area contributed by atoms with Gasteiger partial charge in [0.1, 0.15) is 11.3 Å². The molecule has 0 unspecified atom stereocenters. The quantitative estimate of drug-likeness (QED) is 0.393. The zero-order chi connectivity index (χ0) is 23.6. The van der Waals surface area contributed by atoms with E-state index in [2.05, 4.69) is 0 Å². The summed E-state index contributed by atoms with van der Waals surface area (Å²) in [7, 11) is 0. The molecule has 2 amide bonds. The van der Waals surface area contributed by atoms with E-state index in [0.717, 1.165) is 12.1 Å². The smallest absolute Gasteiger partial charge is 0.279 e. The number of nitrogens with zero attached hydrogens (tertiary/aromatic N) is 3. The Labute approximate surface area is 178 Å². The topological polar surface area (TPSA) is 187 Å². The molecule has 0 aliphatic carbocycles. The number of non-ortho nitro benzene ring substituents is 2. The molecule has 0 aliphatic rings. The maximum Gasteiger partial charge on any atom is 0.279 e. The lowest BCUT2D eigenvalue weighted by molar-refractivity contribution is -0.394. The second-order valence-corrected chi connectivity index (χ2v) is 6.45. The molecular formula is C19H15N5O8. The minimum Gasteiger partial charge on any atom is -0.506 e. The summed E-state index contributed by atoms with van der Waals surface area (Å²) in [6.45, 7) is 1.87. The van der Waals surface area contributed by atoms with Gasteiger partial charge in [0.2, 0.25) is 0 Å². The summed E-state index contributed by atoms with van der Waals surface area (Å²) in [6, 6.07) is 8.61. The van der Waals surface area contributed by atoms with Gasteiger partial charge >= 0.3 is 0 Å². The molecule has 1 aromatic heterocycles. The lowest BCUT2D eigenvalue weighted by atomic mass is 10.1. The van der Waals surface area contributed by atoms with E-state index >= 15 is 0 Å². The number of carbonyl (C=O) groups excluding carboxylic acids is 2. The number of aromatic hydroxyl groups is 1. The van der Waals surface area contributed by atoms with Crippen LogP contribution >= 0.6 is 0 Å². The van der Waals surface area contributed by atoms with E-state index in [4.69, 9.17) is 0 Å². The maximum absolute atomic E-state index is 12.7. The molecule has 1 heterocycles. The zero-order valence-electron chi connectivity index (χ0n) is 16.4. The van der Waals surface area contributed by atoms with Crippen LogP contribution in [0.25, 0.3) is 10.9 Å². The minimum atomic E-state index is -1.14. The Bertz CT molecular complexity index is 1320. The summed E-state index contributed by atoms with van der Waals surface area (Å²) in [5.74, 6) is -2.84. The number of hydrogen-bond acceptors (Lipinski definition) is 8. The van der Waals surface area contributed by atoms with E-state index in [1.165, 1.54) is 10.6 Å². The third kappa shape index (κ3) is 3.94. The molecule has 3 aromatic rings. The van der Waals surface area contributed by atoms with Gasteiger partial charge in [-0.3, -0.25) is 45.5 Å². The molecule has 32 heavy (non-hydrogen) atoms. The molecule has 3 rings (SSSR count). The van der Waals surface area contributed by atoms with Gasteiger partial charge in [0.15, 0.2) is 0 Å². The SMILES string of the molecule is CCn1c(=O)c(C(=O)NNC(=O)c2cc([N+](=O)[O-])cc([N+](=O)[O-])c2)c(O)c2ccccc21. The highest BCUT2D eigenvalue weighted by atomic mass is 16.6. The molecule has 0 atom stereocenters. The minimum absolute atomic E-state index is 0.198. The predicted molar refractivity (Wildman–Crippen MR) is 110 cm³/mol. The van der Waals surface area contributed by atoms with E-state index in [9.17, 15) is 39.7 Å². The molecule has 13 nitrogen and oxygen atoms in total. The van der Waals surface area contributed by atoms with Crippen LogP contribution in [0, 0.1) is 20.2 Å². The van der Waals surface area contributed by atoms with Crippen LogP contribution in [-0.4, -0.2) is 31.3 Å². The first kappa shape index (κ1) is 21.9. The lowest BCUT2D eigenvalue weighted by Gasteiger charge is -2.14. The average Bonchev–Trinajstić information content (AvgIpc) is 2.77. The van der Waals surface area contributed by atoms with E-state index in [1.54, 1.807) is 25.1 Å². The highest BCUT2D eigenvalue weighted by Gasteiger charge is 2.24. The Kier molecular flexibility index (Phi) is 5.82. The summed E-state index contributed by atoms with van der Waals surface area (Å²) in [5.41, 5.74) is 0.966. The van der Waals surface area contributed by atoms with Gasteiger partial charge in [0.25, 0.3) is 28.7 Å². The van der Waals surface area contributed by atoms with E-state index in [-0.39, 0.29) is 11.9 Å². The van der Waals surface area contributed by atoms with Gasteiger partial charge in [-0.25, -0.2) is 0 Å². The van der Waals surface area contributed by atoms with Crippen LogP contribution in [0.1, 0.15) is 27.6 Å². The summed E-state index contributed by atoms with van der Waals surface area (Å²) >= 11 is 0. The highest BCUT2D eigenvalue weighted by molar-refractivity contribution is 6.04. The van der Waals surface area contributed by atoms with Gasteiger partial charge in [-0.15, -0.1) is 0 Å². The summed E-state index contributed by atoms with van der Waals surface area (Å²) in [6.07, 6.45) is 0. The van der Waals surface area contributed by atoms with Gasteiger partial charge < -0.3 is 9.67 Å². The number of nitro benzene ring substituents is 2. The number of fused-ring (bicyclic) bond motifs is 1. The Morgan fingerprint density at radius 3 is 2.12 bits per heavy atom. The van der Waals surface area contributed by atoms with Gasteiger partial charge in [-0.05, 0) is 19.1 Å². The fraction of sp³-hybridized carbons (Fsp3) is 0.105. The van der Waals surface area contributed by atoms with Crippen molar-refractivity contribution in [3.63, 3.8) is 0 Å². The van der Waals surface area contributed by atoms with Crippen LogP contribution in [0.2, 0.25) is 0 Å². The summed E-state index contributed by atoms with van der Waals surface area (Å²) in [4.78, 5) is 57.7. The predicted octanol–water partition coefficient (Wildman–Crippen LogP) is 1.62. The number of pyridine rings is 1. The third-order valence-corrected chi connectivity index (χ3v) is 4.57. The fourth-order valence-corrected chi connectivity index (χ4v) is 3.09. The first-order valence-electron chi connectivity index (χ1n) is 9.04. The highest BCUT2D eigenvalue weighted by Crippen LogP contribution is 2.26. The van der Waals surface area contributed by atoms with Gasteiger partial charge in [0.05, 0.1) is 27.0 Å². The van der Waals surface area contributed by atoms with Gasteiger partial charge in [-0.2, -0.15) is 0 Å². The maximum atomic E-state index is 12.7. The van der Waals surface area contributed by atoms with Crippen molar-refractivity contribution in [2.24, 2.45) is 0 Å². The number of aryl methyl sites for hydroxylation is 1. The van der Waals surface area contributed by atoms with Crippen LogP contribution in [0.15, 0.2) is 47.3 Å². The molecule has 0 radical (unpaired) electrons. The van der Waals surface area contributed by atoms with Crippen molar-refractivity contribution in [3.8, 4) is 5.75 Å². The molecule has 3 N–H and O–H groups in total. The number of carbonyl (C=O) groups is 2. The normalized spacial score (nSPS) is 10.5. The molecule has 13 heteroatoms. The fourth-order valence-electron chi connectivity index (χ4n) is 3.09. The number of aromatic nitrogens is 1. The molecule has 0 saturated carbocycles. The van der Waals surface area contributed by atoms with Crippen molar-refractivity contribution in [2.45, 2.75) is 13.5 Å². The zero-order valence-corrected chi connectivity index (χ0v) is 16.4. The molecule has 0 aliphatic heterocycles. The average molecular weight is 441 g/mol. The first-order valence-corrected chi connectivity index (χ1v) is 9.04. The number of para-hydroxylation sites is 1. The number of rotatable bonds is 5. The Balaban J connectivity index is 1.92. The summed E-state index contributed by atoms with van der Waals surface area (Å²) < 4.78 is 1.26. The van der Waals surface area contributed by atoms with Crippen molar-refractivity contribution < 1.29 is 24.5 Å². The van der Waals surface area contributed by atoms with Crippen molar-refractivity contribution in [1.82, 2.24) is 15.4 Å². The van der Waals surface area contributed by atoms with Gasteiger partial charge in [-0.1, -0.05) is 12.1 Å². The molecule has 164 valence electrons. The number of amides is 2. The second-order valence-electron chi connectivity index (χ2n) is 6.45. The van der Waals surface area contributed by atoms with Crippen LogP contribution in [0.4, 0.5) is 11.4 Å². The van der Waals surface area contributed by atoms with Crippen LogP contribution in [0.3, 0.4) is 0 Å². The second kappa shape index (κ2) is 8.51. The van der Waals surface area contributed by atoms with Crippen molar-refractivity contribution in [1.29, 1.82) is 0 Å². The third-order valence-electron chi connectivity index (χ3n) is 4.57. The van der Waals surface area contributed by atoms with E-state index in [1.807, 2.05) is 10.9 Å². The Morgan fingerprint density at radius 2 is 1.56 bits per heavy atom. The van der Waals surface area contributed by atoms with Crippen LogP contribution in [-0.2, 0) is 6.54 Å². The first-order chi connectivity index (χ1) is 15.1. The number of hydrazine groups is 1. The molecule has 0 bridgehead atoms. The molecule has 2 aromatic carbocycles. The van der Waals surface area contributed by atoms with Crippen LogP contribution < -0.4 is 16.4 Å². The van der Waals surface area contributed by atoms with E-state index in [0.29, 0.717) is 11.6 Å². The van der Waals surface area contributed by atoms with Crippen molar-refractivity contribution in [2.75, 3.05) is 0 Å². The molecule has 0 fully saturated rings. The monoisotopic (exact) mass is 441 g/mol. The lowest BCUT2D eigenvalue weighted by Crippen LogP contribution is -2.44. The van der Waals surface area contributed by atoms with Gasteiger partial charge in [0, 0.05) is 24.1 Å². The number of nitro groups is 2. The van der Waals surface area contributed by atoms with Crippen molar-refractivity contribution in [3.05, 3.63) is 84.2 Å². The Hall–Kier alpha value is -4.81. The number of hydrogen-bond donors (Lipinski definition) is 3. The number of nitrogens with one attached hydrogen (secondary N) is 2. The largest absolute Gasteiger partial charge is 0.506 e. The number of benzene rings is 2.